The molecule has 98 valence electrons. The highest BCUT2D eigenvalue weighted by Gasteiger charge is 2.29. The standard InChI is InChI=1S/C13H23NO3/c15-11-7-12(14-8-11)13(16)17-9-10-5-3-1-2-4-6-10/h10-12,14-15H,1-9H2/t11-,12+/m1/s1. The molecule has 1 heterocycles. The van der Waals surface area contributed by atoms with Crippen molar-refractivity contribution in [3.05, 3.63) is 0 Å². The van der Waals surface area contributed by atoms with Crippen molar-refractivity contribution < 1.29 is 14.6 Å². The molecule has 0 aromatic rings. The zero-order valence-electron chi connectivity index (χ0n) is 10.4. The Bertz CT molecular complexity index is 249. The normalized spacial score (nSPS) is 31.1. The minimum atomic E-state index is -0.398. The predicted octanol–water partition coefficient (Wildman–Crippen LogP) is 1.22. The zero-order chi connectivity index (χ0) is 12.1. The maximum absolute atomic E-state index is 11.7. The van der Waals surface area contributed by atoms with Gasteiger partial charge < -0.3 is 15.2 Å². The molecule has 17 heavy (non-hydrogen) atoms. The van der Waals surface area contributed by atoms with Crippen molar-refractivity contribution in [3.8, 4) is 0 Å². The van der Waals surface area contributed by atoms with Crippen molar-refractivity contribution >= 4 is 5.97 Å². The average Bonchev–Trinajstić information content (AvgIpc) is 2.61. The van der Waals surface area contributed by atoms with Crippen LogP contribution in [0.25, 0.3) is 0 Å². The first-order valence-electron chi connectivity index (χ1n) is 6.84. The molecule has 0 bridgehead atoms. The van der Waals surface area contributed by atoms with Crippen LogP contribution >= 0.6 is 0 Å². The predicted molar refractivity (Wildman–Crippen MR) is 64.6 cm³/mol. The molecule has 0 aromatic heterocycles. The molecule has 4 heteroatoms. The maximum Gasteiger partial charge on any atom is 0.323 e. The van der Waals surface area contributed by atoms with Gasteiger partial charge in [0.15, 0.2) is 0 Å². The van der Waals surface area contributed by atoms with Crippen LogP contribution in [-0.2, 0) is 9.53 Å². The minimum absolute atomic E-state index is 0.189. The molecule has 2 fully saturated rings. The van der Waals surface area contributed by atoms with Crippen molar-refractivity contribution in [1.82, 2.24) is 5.32 Å². The summed E-state index contributed by atoms with van der Waals surface area (Å²) in [5.74, 6) is 0.360. The number of ether oxygens (including phenoxy) is 1. The molecule has 2 N–H and O–H groups in total. The van der Waals surface area contributed by atoms with Gasteiger partial charge in [-0.1, -0.05) is 25.7 Å². The molecule has 0 unspecified atom stereocenters. The van der Waals surface area contributed by atoms with Crippen LogP contribution in [0.4, 0.5) is 0 Å². The number of carbonyl (C=O) groups excluding carboxylic acids is 1. The van der Waals surface area contributed by atoms with Crippen molar-refractivity contribution in [2.45, 2.75) is 57.1 Å². The van der Waals surface area contributed by atoms with E-state index in [0.717, 1.165) is 0 Å². The summed E-state index contributed by atoms with van der Waals surface area (Å²) in [6, 6.07) is -0.296. The minimum Gasteiger partial charge on any atom is -0.464 e. The highest BCUT2D eigenvalue weighted by atomic mass is 16.5. The Morgan fingerprint density at radius 3 is 2.53 bits per heavy atom. The zero-order valence-corrected chi connectivity index (χ0v) is 10.4. The van der Waals surface area contributed by atoms with Crippen LogP contribution in [0, 0.1) is 5.92 Å². The number of hydrogen-bond donors (Lipinski definition) is 2. The van der Waals surface area contributed by atoms with Gasteiger partial charge in [-0.05, 0) is 18.8 Å². The van der Waals surface area contributed by atoms with Crippen molar-refractivity contribution in [2.24, 2.45) is 5.92 Å². The number of nitrogens with one attached hydrogen (secondary N) is 1. The fraction of sp³-hybridized carbons (Fsp3) is 0.923. The molecule has 4 nitrogen and oxygen atoms in total. The van der Waals surface area contributed by atoms with Gasteiger partial charge in [-0.3, -0.25) is 4.79 Å². The lowest BCUT2D eigenvalue weighted by Crippen LogP contribution is -2.33. The summed E-state index contributed by atoms with van der Waals surface area (Å²) in [6.45, 7) is 1.07. The number of esters is 1. The molecule has 1 saturated carbocycles. The molecule has 0 radical (unpaired) electrons. The number of hydrogen-bond acceptors (Lipinski definition) is 4. The first-order valence-corrected chi connectivity index (χ1v) is 6.84. The van der Waals surface area contributed by atoms with E-state index in [2.05, 4.69) is 5.32 Å². The van der Waals surface area contributed by atoms with Crippen molar-refractivity contribution in [1.29, 1.82) is 0 Å². The average molecular weight is 241 g/mol. The molecular weight excluding hydrogens is 218 g/mol. The van der Waals surface area contributed by atoms with Gasteiger partial charge in [0, 0.05) is 13.0 Å². The van der Waals surface area contributed by atoms with Gasteiger partial charge in [0.05, 0.1) is 12.7 Å². The van der Waals surface area contributed by atoms with E-state index < -0.39 is 6.10 Å². The highest BCUT2D eigenvalue weighted by Crippen LogP contribution is 2.23. The van der Waals surface area contributed by atoms with E-state index in [4.69, 9.17) is 4.74 Å². The van der Waals surface area contributed by atoms with E-state index in [1.165, 1.54) is 38.5 Å². The second-order valence-electron chi connectivity index (χ2n) is 5.34. The SMILES string of the molecule is O=C(OCC1CCCCCC1)[C@@H]1C[C@@H](O)CN1. The third kappa shape index (κ3) is 3.96. The van der Waals surface area contributed by atoms with Gasteiger partial charge >= 0.3 is 5.97 Å². The van der Waals surface area contributed by atoms with Crippen LogP contribution in [0.15, 0.2) is 0 Å². The van der Waals surface area contributed by atoms with Crippen LogP contribution in [0.2, 0.25) is 0 Å². The number of aliphatic hydroxyl groups is 1. The van der Waals surface area contributed by atoms with Gasteiger partial charge in [-0.2, -0.15) is 0 Å². The molecule has 1 saturated heterocycles. The van der Waals surface area contributed by atoms with Crippen LogP contribution in [-0.4, -0.2) is 36.4 Å². The van der Waals surface area contributed by atoms with Gasteiger partial charge in [0.1, 0.15) is 6.04 Å². The van der Waals surface area contributed by atoms with E-state index in [1.807, 2.05) is 0 Å². The second kappa shape index (κ2) is 6.36. The third-order valence-corrected chi connectivity index (χ3v) is 3.83. The molecule has 1 aliphatic carbocycles. The van der Waals surface area contributed by atoms with Gasteiger partial charge in [-0.25, -0.2) is 0 Å². The molecule has 2 atom stereocenters. The molecule has 1 aliphatic heterocycles. The summed E-state index contributed by atoms with van der Waals surface area (Å²) < 4.78 is 5.36. The molecular formula is C13H23NO3. The number of rotatable bonds is 3. The maximum atomic E-state index is 11.7. The first kappa shape index (κ1) is 12.8. The largest absolute Gasteiger partial charge is 0.464 e. The summed E-state index contributed by atoms with van der Waals surface area (Å²) in [5.41, 5.74) is 0. The number of aliphatic hydroxyl groups excluding tert-OH is 1. The fourth-order valence-electron chi connectivity index (χ4n) is 2.73. The Morgan fingerprint density at radius 2 is 1.94 bits per heavy atom. The van der Waals surface area contributed by atoms with Crippen LogP contribution in [0.1, 0.15) is 44.9 Å². The number of carbonyl (C=O) groups is 1. The molecule has 0 aromatic carbocycles. The third-order valence-electron chi connectivity index (χ3n) is 3.83. The summed E-state index contributed by atoms with van der Waals surface area (Å²) in [5, 5.41) is 12.3. The second-order valence-corrected chi connectivity index (χ2v) is 5.34. The lowest BCUT2D eigenvalue weighted by molar-refractivity contribution is -0.147. The molecule has 2 aliphatic rings. The smallest absolute Gasteiger partial charge is 0.323 e. The van der Waals surface area contributed by atoms with Crippen LogP contribution < -0.4 is 5.32 Å². The van der Waals surface area contributed by atoms with Gasteiger partial charge in [-0.15, -0.1) is 0 Å². The summed E-state index contributed by atoms with van der Waals surface area (Å²) in [6.07, 6.45) is 7.64. The Kier molecular flexibility index (Phi) is 4.80. The monoisotopic (exact) mass is 241 g/mol. The quantitative estimate of drug-likeness (QED) is 0.576. The Labute approximate surface area is 103 Å². The van der Waals surface area contributed by atoms with E-state index >= 15 is 0 Å². The number of β-amino-alcohol motifs (C(OH)–C–C–N with tert-alkyl or cyclic N) is 1. The van der Waals surface area contributed by atoms with Crippen LogP contribution in [0.3, 0.4) is 0 Å². The summed E-state index contributed by atoms with van der Waals surface area (Å²) >= 11 is 0. The van der Waals surface area contributed by atoms with E-state index in [-0.39, 0.29) is 12.0 Å². The van der Waals surface area contributed by atoms with Crippen molar-refractivity contribution in [2.75, 3.05) is 13.2 Å². The topological polar surface area (TPSA) is 58.6 Å². The van der Waals surface area contributed by atoms with Crippen molar-refractivity contribution in [3.63, 3.8) is 0 Å². The lowest BCUT2D eigenvalue weighted by atomic mass is 10.0. The Balaban J connectivity index is 1.68. The van der Waals surface area contributed by atoms with Crippen LogP contribution in [0.5, 0.6) is 0 Å². The van der Waals surface area contributed by atoms with E-state index in [9.17, 15) is 9.90 Å². The Morgan fingerprint density at radius 1 is 1.24 bits per heavy atom. The Hall–Kier alpha value is -0.610. The lowest BCUT2D eigenvalue weighted by Gasteiger charge is -2.16. The molecule has 0 amide bonds. The fourth-order valence-corrected chi connectivity index (χ4v) is 2.73. The summed E-state index contributed by atoms with van der Waals surface area (Å²) in [4.78, 5) is 11.7. The molecule has 2 rings (SSSR count). The molecule has 0 spiro atoms. The first-order chi connectivity index (χ1) is 8.25. The summed E-state index contributed by atoms with van der Waals surface area (Å²) in [7, 11) is 0. The van der Waals surface area contributed by atoms with E-state index in [0.29, 0.717) is 25.5 Å². The van der Waals surface area contributed by atoms with E-state index in [1.54, 1.807) is 0 Å². The van der Waals surface area contributed by atoms with Gasteiger partial charge in [0.2, 0.25) is 0 Å². The van der Waals surface area contributed by atoms with Gasteiger partial charge in [0.25, 0.3) is 0 Å². The highest BCUT2D eigenvalue weighted by molar-refractivity contribution is 5.76.